The number of amides is 2. The van der Waals surface area contributed by atoms with Crippen LogP contribution in [0.5, 0.6) is 0 Å². The van der Waals surface area contributed by atoms with Crippen molar-refractivity contribution in [2.24, 2.45) is 0 Å². The van der Waals surface area contributed by atoms with Gasteiger partial charge in [-0.05, 0) is 35.7 Å². The molecule has 0 aliphatic carbocycles. The third kappa shape index (κ3) is 6.60. The Balaban J connectivity index is 1.67. The van der Waals surface area contributed by atoms with Gasteiger partial charge in [-0.25, -0.2) is 0 Å². The van der Waals surface area contributed by atoms with Crippen LogP contribution in [0, 0.1) is 0 Å². The van der Waals surface area contributed by atoms with Gasteiger partial charge in [0.2, 0.25) is 0 Å². The van der Waals surface area contributed by atoms with E-state index >= 15 is 0 Å². The van der Waals surface area contributed by atoms with E-state index in [1.807, 2.05) is 17.5 Å². The number of esters is 1. The van der Waals surface area contributed by atoms with E-state index < -0.39 is 11.9 Å². The monoisotopic (exact) mass is 378 g/mol. The number of carbonyl (C=O) groups is 3. The van der Waals surface area contributed by atoms with Crippen molar-refractivity contribution in [3.8, 4) is 0 Å². The Hall–Kier alpha value is -2.32. The summed E-state index contributed by atoms with van der Waals surface area (Å²) in [6, 6.07) is 10.4. The van der Waals surface area contributed by atoms with Gasteiger partial charge in [-0.2, -0.15) is 0 Å². The molecule has 6 nitrogen and oxygen atoms in total. The summed E-state index contributed by atoms with van der Waals surface area (Å²) in [5.41, 5.74) is 1.02. The maximum absolute atomic E-state index is 11.8. The topological polar surface area (TPSA) is 84.5 Å². The fourth-order valence-corrected chi connectivity index (χ4v) is 3.52. The molecule has 0 atom stereocenters. The van der Waals surface area contributed by atoms with Crippen LogP contribution in [0.4, 0.5) is 5.69 Å². The van der Waals surface area contributed by atoms with E-state index in [0.717, 1.165) is 5.75 Å². The van der Waals surface area contributed by atoms with Crippen LogP contribution in [0.15, 0.2) is 41.8 Å². The van der Waals surface area contributed by atoms with Crippen molar-refractivity contribution in [1.82, 2.24) is 5.32 Å². The molecular formula is C17H18N2O4S2. The number of ether oxygens (including phenoxy) is 1. The molecule has 0 aliphatic heterocycles. The van der Waals surface area contributed by atoms with Crippen molar-refractivity contribution in [3.05, 3.63) is 52.2 Å². The number of carbonyl (C=O) groups excluding carboxylic acids is 3. The van der Waals surface area contributed by atoms with Gasteiger partial charge in [0.05, 0.1) is 5.75 Å². The van der Waals surface area contributed by atoms with Gasteiger partial charge in [0, 0.05) is 28.9 Å². The third-order valence-electron chi connectivity index (χ3n) is 3.07. The molecule has 0 saturated heterocycles. The first-order valence-electron chi connectivity index (χ1n) is 7.46. The Labute approximate surface area is 154 Å². The Kier molecular flexibility index (Phi) is 7.49. The maximum Gasteiger partial charge on any atom is 0.316 e. The lowest BCUT2D eigenvalue weighted by molar-refractivity contribution is -0.144. The number of benzene rings is 1. The average molecular weight is 378 g/mol. The van der Waals surface area contributed by atoms with Gasteiger partial charge in [0.25, 0.3) is 11.8 Å². The van der Waals surface area contributed by atoms with Crippen molar-refractivity contribution in [2.75, 3.05) is 24.7 Å². The fraction of sp³-hybridized carbons (Fsp3) is 0.235. The second-order valence-electron chi connectivity index (χ2n) is 4.94. The highest BCUT2D eigenvalue weighted by molar-refractivity contribution is 7.99. The molecule has 0 spiro atoms. The van der Waals surface area contributed by atoms with Crippen LogP contribution >= 0.6 is 23.1 Å². The van der Waals surface area contributed by atoms with Crippen molar-refractivity contribution in [1.29, 1.82) is 0 Å². The summed E-state index contributed by atoms with van der Waals surface area (Å²) in [7, 11) is 1.55. The van der Waals surface area contributed by atoms with E-state index in [4.69, 9.17) is 4.74 Å². The SMILES string of the molecule is CNC(=O)c1ccc(NC(=O)COC(=O)CSCc2cccs2)cc1. The predicted molar refractivity (Wildman–Crippen MR) is 99.9 cm³/mol. The molecule has 1 aromatic carbocycles. The lowest BCUT2D eigenvalue weighted by Gasteiger charge is -2.07. The zero-order valence-electron chi connectivity index (χ0n) is 13.6. The second-order valence-corrected chi connectivity index (χ2v) is 6.96. The Morgan fingerprint density at radius 1 is 1.16 bits per heavy atom. The molecule has 0 saturated carbocycles. The van der Waals surface area contributed by atoms with Crippen molar-refractivity contribution in [2.45, 2.75) is 5.75 Å². The molecule has 2 N–H and O–H groups in total. The van der Waals surface area contributed by atoms with Gasteiger partial charge in [-0.1, -0.05) is 6.07 Å². The van der Waals surface area contributed by atoms with E-state index in [1.165, 1.54) is 16.6 Å². The van der Waals surface area contributed by atoms with E-state index in [1.54, 1.807) is 42.6 Å². The highest BCUT2D eigenvalue weighted by atomic mass is 32.2. The lowest BCUT2D eigenvalue weighted by atomic mass is 10.2. The van der Waals surface area contributed by atoms with Crippen molar-refractivity contribution in [3.63, 3.8) is 0 Å². The van der Waals surface area contributed by atoms with Gasteiger partial charge >= 0.3 is 5.97 Å². The summed E-state index contributed by atoms with van der Waals surface area (Å²) in [6.07, 6.45) is 0. The largest absolute Gasteiger partial charge is 0.455 e. The minimum absolute atomic E-state index is 0.200. The predicted octanol–water partition coefficient (Wildman–Crippen LogP) is 2.52. The molecular weight excluding hydrogens is 360 g/mol. The quantitative estimate of drug-likeness (QED) is 0.690. The van der Waals surface area contributed by atoms with Gasteiger partial charge < -0.3 is 15.4 Å². The number of rotatable bonds is 8. The summed E-state index contributed by atoms with van der Waals surface area (Å²) in [6.45, 7) is -0.338. The number of thiophene rings is 1. The number of hydrogen-bond donors (Lipinski definition) is 2. The van der Waals surface area contributed by atoms with Crippen molar-refractivity contribution >= 4 is 46.6 Å². The van der Waals surface area contributed by atoms with Gasteiger partial charge in [0.1, 0.15) is 0 Å². The second kappa shape index (κ2) is 9.85. The van der Waals surface area contributed by atoms with Crippen LogP contribution < -0.4 is 10.6 Å². The van der Waals surface area contributed by atoms with E-state index in [2.05, 4.69) is 10.6 Å². The zero-order valence-corrected chi connectivity index (χ0v) is 15.2. The molecule has 1 aromatic heterocycles. The van der Waals surface area contributed by atoms with E-state index in [-0.39, 0.29) is 18.3 Å². The minimum Gasteiger partial charge on any atom is -0.455 e. The molecule has 0 radical (unpaired) electrons. The maximum atomic E-state index is 11.8. The molecule has 25 heavy (non-hydrogen) atoms. The molecule has 1 heterocycles. The molecule has 0 unspecified atom stereocenters. The molecule has 2 amide bonds. The number of hydrogen-bond acceptors (Lipinski definition) is 6. The van der Waals surface area contributed by atoms with Gasteiger partial charge in [-0.15, -0.1) is 23.1 Å². The number of nitrogens with one attached hydrogen (secondary N) is 2. The molecule has 8 heteroatoms. The normalized spacial score (nSPS) is 10.1. The standard InChI is InChI=1S/C17H18N2O4S2/c1-18-17(22)12-4-6-13(7-5-12)19-15(20)9-23-16(21)11-24-10-14-3-2-8-25-14/h2-8H,9-11H2,1H3,(H,18,22)(H,19,20). The highest BCUT2D eigenvalue weighted by Gasteiger charge is 2.09. The summed E-state index contributed by atoms with van der Waals surface area (Å²) < 4.78 is 4.94. The summed E-state index contributed by atoms with van der Waals surface area (Å²) in [5, 5.41) is 7.11. The first kappa shape index (κ1) is 19.0. The lowest BCUT2D eigenvalue weighted by Crippen LogP contribution is -2.22. The summed E-state index contributed by atoms with van der Waals surface area (Å²) in [5.74, 6) is -0.106. The number of anilines is 1. The van der Waals surface area contributed by atoms with Crippen LogP contribution in [0.1, 0.15) is 15.2 Å². The fourth-order valence-electron chi connectivity index (χ4n) is 1.86. The van der Waals surface area contributed by atoms with Gasteiger partial charge in [0.15, 0.2) is 6.61 Å². The van der Waals surface area contributed by atoms with Gasteiger partial charge in [-0.3, -0.25) is 14.4 Å². The Bertz CT molecular complexity index is 715. The Morgan fingerprint density at radius 3 is 2.56 bits per heavy atom. The summed E-state index contributed by atoms with van der Waals surface area (Å²) in [4.78, 5) is 36.0. The molecule has 0 aliphatic rings. The van der Waals surface area contributed by atoms with E-state index in [9.17, 15) is 14.4 Å². The number of thioether (sulfide) groups is 1. The summed E-state index contributed by atoms with van der Waals surface area (Å²) >= 11 is 3.08. The van der Waals surface area contributed by atoms with Crippen molar-refractivity contribution < 1.29 is 19.1 Å². The molecule has 2 rings (SSSR count). The van der Waals surface area contributed by atoms with Crippen LogP contribution in [0.2, 0.25) is 0 Å². The third-order valence-corrected chi connectivity index (χ3v) is 5.08. The minimum atomic E-state index is -0.427. The molecule has 132 valence electrons. The molecule has 0 bridgehead atoms. The Morgan fingerprint density at radius 2 is 1.92 bits per heavy atom. The zero-order chi connectivity index (χ0) is 18.1. The van der Waals surface area contributed by atoms with E-state index in [0.29, 0.717) is 11.3 Å². The smallest absolute Gasteiger partial charge is 0.316 e. The average Bonchev–Trinajstić information content (AvgIpc) is 3.13. The van der Waals surface area contributed by atoms with Crippen LogP contribution in [0.25, 0.3) is 0 Å². The van der Waals surface area contributed by atoms with Crippen LogP contribution in [0.3, 0.4) is 0 Å². The first-order chi connectivity index (χ1) is 12.1. The molecule has 0 fully saturated rings. The highest BCUT2D eigenvalue weighted by Crippen LogP contribution is 2.17. The molecule has 2 aromatic rings. The van der Waals surface area contributed by atoms with Crippen LogP contribution in [-0.2, 0) is 20.1 Å². The first-order valence-corrected chi connectivity index (χ1v) is 9.49. The van der Waals surface area contributed by atoms with Crippen LogP contribution in [-0.4, -0.2) is 37.2 Å².